The molecule has 0 unspecified atom stereocenters. The molecule has 0 aliphatic heterocycles. The lowest BCUT2D eigenvalue weighted by atomic mass is 9.95. The predicted octanol–water partition coefficient (Wildman–Crippen LogP) is 6.63. The molecular weight excluding hydrogens is 430 g/mol. The van der Waals surface area contributed by atoms with Gasteiger partial charge in [0.25, 0.3) is 0 Å². The summed E-state index contributed by atoms with van der Waals surface area (Å²) in [6.07, 6.45) is 6.01. The Morgan fingerprint density at radius 3 is 2.61 bits per heavy atom. The van der Waals surface area contributed by atoms with Crippen LogP contribution < -0.4 is 9.47 Å². The summed E-state index contributed by atoms with van der Waals surface area (Å²) in [7, 11) is 1.58. The minimum Gasteiger partial charge on any atom is -0.496 e. The number of aliphatic hydroxyl groups is 1. The molecule has 4 rings (SSSR count). The van der Waals surface area contributed by atoms with E-state index >= 15 is 0 Å². The minimum absolute atomic E-state index is 0.583. The van der Waals surface area contributed by atoms with E-state index in [0.717, 1.165) is 40.1 Å². The summed E-state index contributed by atoms with van der Waals surface area (Å²) in [5.74, 6) is 2.63. The van der Waals surface area contributed by atoms with Gasteiger partial charge < -0.3 is 14.6 Å². The second kappa shape index (κ2) is 8.73. The molecule has 6 heteroatoms. The number of nitrogens with zero attached hydrogens (tertiary/aromatic N) is 1. The Balaban J connectivity index is 1.62. The maximum absolute atomic E-state index is 10.6. The van der Waals surface area contributed by atoms with E-state index in [4.69, 9.17) is 33.3 Å². The van der Waals surface area contributed by atoms with Crippen LogP contribution in [0.2, 0.25) is 5.02 Å². The molecule has 0 saturated heterocycles. The molecule has 4 nitrogen and oxygen atoms in total. The van der Waals surface area contributed by atoms with Gasteiger partial charge in [0.1, 0.15) is 17.2 Å². The molecule has 0 bridgehead atoms. The Bertz CT molecular complexity index is 1140. The first kappa shape index (κ1) is 22.0. The molecule has 1 aromatic heterocycles. The lowest BCUT2D eigenvalue weighted by Gasteiger charge is -2.22. The summed E-state index contributed by atoms with van der Waals surface area (Å²) in [5, 5.41) is 12.0. The van der Waals surface area contributed by atoms with Crippen molar-refractivity contribution in [2.24, 2.45) is 5.92 Å². The minimum atomic E-state index is -1.07. The number of aromatic nitrogens is 1. The number of hydrogen-bond acceptors (Lipinski definition) is 5. The van der Waals surface area contributed by atoms with Crippen LogP contribution in [0.3, 0.4) is 0 Å². The standard InChI is InChI=1S/C25H26ClNO3S/c1-25(2,28)20-13-19-22(14-24(20)29-3)27-9-8-23(19)30-17-7-6-16(21(26)12-17)11-18(31)10-15-4-5-15/h6-9,12-15,28H,4-5,10-11H2,1-3H3. The number of pyridine rings is 1. The molecule has 1 N–H and O–H groups in total. The largest absolute Gasteiger partial charge is 0.496 e. The van der Waals surface area contributed by atoms with E-state index in [1.807, 2.05) is 30.3 Å². The van der Waals surface area contributed by atoms with Gasteiger partial charge in [0.2, 0.25) is 0 Å². The van der Waals surface area contributed by atoms with Crippen molar-refractivity contribution in [2.75, 3.05) is 7.11 Å². The Kier molecular flexibility index (Phi) is 6.20. The molecule has 0 radical (unpaired) electrons. The first-order valence-electron chi connectivity index (χ1n) is 10.4. The van der Waals surface area contributed by atoms with E-state index in [2.05, 4.69) is 4.98 Å². The zero-order valence-corrected chi connectivity index (χ0v) is 19.5. The lowest BCUT2D eigenvalue weighted by Crippen LogP contribution is -2.16. The summed E-state index contributed by atoms with van der Waals surface area (Å²) < 4.78 is 11.6. The molecule has 3 aromatic rings. The molecule has 0 spiro atoms. The number of ether oxygens (including phenoxy) is 2. The van der Waals surface area contributed by atoms with Crippen molar-refractivity contribution in [1.29, 1.82) is 0 Å². The van der Waals surface area contributed by atoms with Crippen LogP contribution in [0.25, 0.3) is 10.9 Å². The molecule has 0 amide bonds. The van der Waals surface area contributed by atoms with Crippen LogP contribution in [0, 0.1) is 5.92 Å². The van der Waals surface area contributed by atoms with Gasteiger partial charge in [-0.2, -0.15) is 0 Å². The van der Waals surface area contributed by atoms with Gasteiger partial charge in [-0.3, -0.25) is 4.98 Å². The number of halogens is 1. The number of methoxy groups -OCH3 is 1. The van der Waals surface area contributed by atoms with Gasteiger partial charge in [0.05, 0.1) is 18.2 Å². The van der Waals surface area contributed by atoms with Gasteiger partial charge >= 0.3 is 0 Å². The van der Waals surface area contributed by atoms with Crippen molar-refractivity contribution < 1.29 is 14.6 Å². The van der Waals surface area contributed by atoms with Crippen molar-refractivity contribution in [2.45, 2.75) is 45.1 Å². The zero-order valence-electron chi connectivity index (χ0n) is 17.9. The van der Waals surface area contributed by atoms with Crippen molar-refractivity contribution >= 4 is 39.6 Å². The third-order valence-corrected chi connectivity index (χ3v) is 6.20. The summed E-state index contributed by atoms with van der Waals surface area (Å²) >= 11 is 12.1. The van der Waals surface area contributed by atoms with E-state index in [1.54, 1.807) is 33.2 Å². The molecule has 162 valence electrons. The topological polar surface area (TPSA) is 51.6 Å². The highest BCUT2D eigenvalue weighted by Gasteiger charge is 2.24. The highest BCUT2D eigenvalue weighted by Crippen LogP contribution is 2.38. The van der Waals surface area contributed by atoms with Gasteiger partial charge in [-0.1, -0.05) is 29.9 Å². The summed E-state index contributed by atoms with van der Waals surface area (Å²) in [5.41, 5.74) is 1.33. The van der Waals surface area contributed by atoms with E-state index in [1.165, 1.54) is 12.8 Å². The smallest absolute Gasteiger partial charge is 0.138 e. The first-order valence-corrected chi connectivity index (χ1v) is 11.2. The van der Waals surface area contributed by atoms with Crippen LogP contribution in [0.5, 0.6) is 17.2 Å². The van der Waals surface area contributed by atoms with Crippen LogP contribution in [0.15, 0.2) is 42.6 Å². The first-order chi connectivity index (χ1) is 14.7. The molecule has 1 heterocycles. The Labute approximate surface area is 193 Å². The van der Waals surface area contributed by atoms with E-state index in [-0.39, 0.29) is 0 Å². The van der Waals surface area contributed by atoms with E-state index < -0.39 is 5.60 Å². The third-order valence-electron chi connectivity index (χ3n) is 5.54. The van der Waals surface area contributed by atoms with Crippen LogP contribution in [0.4, 0.5) is 0 Å². The maximum atomic E-state index is 10.6. The molecule has 31 heavy (non-hydrogen) atoms. The van der Waals surface area contributed by atoms with Crippen molar-refractivity contribution in [3.63, 3.8) is 0 Å². The summed E-state index contributed by atoms with van der Waals surface area (Å²) in [6, 6.07) is 11.2. The number of hydrogen-bond donors (Lipinski definition) is 1. The normalized spacial score (nSPS) is 14.0. The Morgan fingerprint density at radius 1 is 1.19 bits per heavy atom. The number of benzene rings is 2. The van der Waals surface area contributed by atoms with Gasteiger partial charge in [0.15, 0.2) is 0 Å². The van der Waals surface area contributed by atoms with Gasteiger partial charge in [0, 0.05) is 34.7 Å². The summed E-state index contributed by atoms with van der Waals surface area (Å²) in [6.45, 7) is 3.44. The monoisotopic (exact) mass is 455 g/mol. The second-order valence-electron chi connectivity index (χ2n) is 8.66. The average molecular weight is 456 g/mol. The number of fused-ring (bicyclic) bond motifs is 1. The molecule has 1 aliphatic rings. The molecule has 1 fully saturated rings. The van der Waals surface area contributed by atoms with Crippen LogP contribution in [0.1, 0.15) is 44.2 Å². The van der Waals surface area contributed by atoms with Gasteiger partial charge in [-0.15, -0.1) is 0 Å². The van der Waals surface area contributed by atoms with Crippen molar-refractivity contribution in [1.82, 2.24) is 4.98 Å². The van der Waals surface area contributed by atoms with Crippen LogP contribution >= 0.6 is 23.8 Å². The van der Waals surface area contributed by atoms with Gasteiger partial charge in [-0.05, 0) is 73.7 Å². The molecule has 1 aliphatic carbocycles. The average Bonchev–Trinajstić information content (AvgIpc) is 3.52. The highest BCUT2D eigenvalue weighted by molar-refractivity contribution is 7.80. The third kappa shape index (κ3) is 5.17. The number of thiocarbonyl (C=S) groups is 1. The fraction of sp³-hybridized carbons (Fsp3) is 0.360. The molecule has 1 saturated carbocycles. The van der Waals surface area contributed by atoms with Gasteiger partial charge in [-0.25, -0.2) is 0 Å². The molecule has 2 aromatic carbocycles. The molecular formula is C25H26ClNO3S. The maximum Gasteiger partial charge on any atom is 0.138 e. The summed E-state index contributed by atoms with van der Waals surface area (Å²) in [4.78, 5) is 5.49. The SMILES string of the molecule is COc1cc2nccc(Oc3ccc(CC(=S)CC4CC4)c(Cl)c3)c2cc1C(C)(C)O. The number of rotatable bonds is 8. The lowest BCUT2D eigenvalue weighted by molar-refractivity contribution is 0.0758. The van der Waals surface area contributed by atoms with Crippen LogP contribution in [-0.2, 0) is 12.0 Å². The van der Waals surface area contributed by atoms with E-state index in [9.17, 15) is 5.11 Å². The predicted molar refractivity (Wildman–Crippen MR) is 129 cm³/mol. The Morgan fingerprint density at radius 2 is 1.97 bits per heavy atom. The molecule has 0 atom stereocenters. The fourth-order valence-electron chi connectivity index (χ4n) is 3.67. The van der Waals surface area contributed by atoms with Crippen molar-refractivity contribution in [3.05, 3.63) is 58.7 Å². The van der Waals surface area contributed by atoms with Crippen LogP contribution in [-0.4, -0.2) is 22.1 Å². The zero-order chi connectivity index (χ0) is 22.2. The quantitative estimate of drug-likeness (QED) is 0.386. The van der Waals surface area contributed by atoms with Crippen molar-refractivity contribution in [3.8, 4) is 17.2 Å². The highest BCUT2D eigenvalue weighted by atomic mass is 35.5. The Hall–Kier alpha value is -2.21. The fourth-order valence-corrected chi connectivity index (χ4v) is 4.30. The van der Waals surface area contributed by atoms with E-state index in [0.29, 0.717) is 27.8 Å². The second-order valence-corrected chi connectivity index (χ2v) is 9.64.